The third-order valence-corrected chi connectivity index (χ3v) is 6.69. The minimum absolute atomic E-state index is 0.197. The highest BCUT2D eigenvalue weighted by Gasteiger charge is 2.18. The van der Waals surface area contributed by atoms with Gasteiger partial charge >= 0.3 is 11.8 Å². The molecule has 1 saturated carbocycles. The first kappa shape index (κ1) is 23.3. The van der Waals surface area contributed by atoms with Crippen LogP contribution in [0.3, 0.4) is 0 Å². The van der Waals surface area contributed by atoms with Crippen LogP contribution in [0.5, 0.6) is 0 Å². The molecule has 33 heavy (non-hydrogen) atoms. The Morgan fingerprint density at radius 3 is 2.45 bits per heavy atom. The summed E-state index contributed by atoms with van der Waals surface area (Å²) in [6.07, 6.45) is 11.2. The predicted octanol–water partition coefficient (Wildman–Crippen LogP) is 6.18. The number of carbonyl (C=O) groups excluding carboxylic acids is 2. The van der Waals surface area contributed by atoms with Gasteiger partial charge in [0.05, 0.1) is 5.52 Å². The summed E-state index contributed by atoms with van der Waals surface area (Å²) in [5, 5.41) is 3.35. The van der Waals surface area contributed by atoms with Crippen LogP contribution < -0.4 is 11.1 Å². The predicted molar refractivity (Wildman–Crippen MR) is 129 cm³/mol. The maximum Gasteiger partial charge on any atom is 0.428 e. The van der Waals surface area contributed by atoms with Crippen molar-refractivity contribution in [2.75, 3.05) is 6.54 Å². The number of oxazole rings is 1. The van der Waals surface area contributed by atoms with Crippen LogP contribution in [0.2, 0.25) is 5.02 Å². The highest BCUT2D eigenvalue weighted by atomic mass is 35.5. The highest BCUT2D eigenvalue weighted by molar-refractivity contribution is 6.30. The molecule has 0 bridgehead atoms. The molecule has 0 aliphatic heterocycles. The van der Waals surface area contributed by atoms with Crippen molar-refractivity contribution in [2.24, 2.45) is 5.92 Å². The van der Waals surface area contributed by atoms with E-state index in [0.29, 0.717) is 28.2 Å². The molecule has 3 aromatic rings. The normalized spacial score (nSPS) is 14.5. The van der Waals surface area contributed by atoms with Gasteiger partial charge in [0.15, 0.2) is 11.4 Å². The number of hydrogen-bond donors (Lipinski definition) is 1. The quantitative estimate of drug-likeness (QED) is 0.316. The van der Waals surface area contributed by atoms with Crippen molar-refractivity contribution in [1.82, 2.24) is 9.88 Å². The van der Waals surface area contributed by atoms with Gasteiger partial charge in [-0.2, -0.15) is 4.57 Å². The molecule has 1 aliphatic carbocycles. The molecule has 0 atom stereocenters. The Bertz CT molecular complexity index is 1170. The number of halogens is 1. The SMILES string of the molecule is O=C(c1ccc(Cl)cc1)c1ccc2c(c1)oc(=O)n2C(=O)NCCCCCC1CCCCC1. The fraction of sp³-hybridized carbons (Fsp3) is 0.423. The molecule has 2 aromatic carbocycles. The van der Waals surface area contributed by atoms with Gasteiger partial charge in [-0.25, -0.2) is 9.59 Å². The van der Waals surface area contributed by atoms with E-state index >= 15 is 0 Å². The second kappa shape index (κ2) is 10.8. The lowest BCUT2D eigenvalue weighted by Crippen LogP contribution is -2.34. The van der Waals surface area contributed by atoms with E-state index in [-0.39, 0.29) is 11.4 Å². The number of unbranched alkanes of at least 4 members (excludes halogenated alkanes) is 2. The second-order valence-corrected chi connectivity index (χ2v) is 9.24. The van der Waals surface area contributed by atoms with Crippen molar-refractivity contribution in [1.29, 1.82) is 0 Å². The van der Waals surface area contributed by atoms with Crippen molar-refractivity contribution < 1.29 is 14.0 Å². The molecule has 6 nitrogen and oxygen atoms in total. The first-order valence-electron chi connectivity index (χ1n) is 11.8. The number of benzene rings is 2. The maximum atomic E-state index is 12.7. The molecule has 7 heteroatoms. The molecule has 1 amide bonds. The third-order valence-electron chi connectivity index (χ3n) is 6.44. The van der Waals surface area contributed by atoms with E-state index in [9.17, 15) is 14.4 Å². The van der Waals surface area contributed by atoms with Crippen molar-refractivity contribution in [3.05, 3.63) is 69.2 Å². The third kappa shape index (κ3) is 5.74. The fourth-order valence-electron chi connectivity index (χ4n) is 4.61. The number of nitrogens with one attached hydrogen (secondary N) is 1. The molecular formula is C26H29ClN2O4. The van der Waals surface area contributed by atoms with Crippen LogP contribution in [0.4, 0.5) is 4.79 Å². The lowest BCUT2D eigenvalue weighted by Gasteiger charge is -2.21. The zero-order valence-electron chi connectivity index (χ0n) is 18.6. The monoisotopic (exact) mass is 468 g/mol. The summed E-state index contributed by atoms with van der Waals surface area (Å²) in [6, 6.07) is 10.7. The molecule has 4 rings (SSSR count). The van der Waals surface area contributed by atoms with Crippen molar-refractivity contribution in [2.45, 2.75) is 57.8 Å². The van der Waals surface area contributed by atoms with Gasteiger partial charge in [0.2, 0.25) is 0 Å². The number of ketones is 1. The molecular weight excluding hydrogens is 440 g/mol. The lowest BCUT2D eigenvalue weighted by molar-refractivity contribution is 0.103. The number of hydrogen-bond acceptors (Lipinski definition) is 4. The van der Waals surface area contributed by atoms with Gasteiger partial charge in [-0.1, -0.05) is 63.0 Å². The second-order valence-electron chi connectivity index (χ2n) is 8.81. The Morgan fingerprint density at radius 1 is 0.970 bits per heavy atom. The standard InChI is InChI=1S/C26H29ClN2O4/c27-21-13-10-19(11-14-21)24(30)20-12-15-22-23(17-20)33-26(32)29(22)25(31)28-16-6-2-5-9-18-7-3-1-4-8-18/h10-15,17-18H,1-9,16H2,(H,28,31). The van der Waals surface area contributed by atoms with Crippen LogP contribution in [0.25, 0.3) is 11.1 Å². The summed E-state index contributed by atoms with van der Waals surface area (Å²) < 4.78 is 6.23. The van der Waals surface area contributed by atoms with Crippen molar-refractivity contribution >= 4 is 34.5 Å². The molecule has 174 valence electrons. The Morgan fingerprint density at radius 2 is 1.70 bits per heavy atom. The summed E-state index contributed by atoms with van der Waals surface area (Å²) >= 11 is 5.88. The molecule has 0 spiro atoms. The van der Waals surface area contributed by atoms with Crippen LogP contribution in [0, 0.1) is 5.92 Å². The molecule has 1 aliphatic rings. The smallest absolute Gasteiger partial charge is 0.407 e. The molecule has 1 heterocycles. The Hall–Kier alpha value is -2.86. The van der Waals surface area contributed by atoms with E-state index in [1.54, 1.807) is 36.4 Å². The number of carbonyl (C=O) groups is 2. The van der Waals surface area contributed by atoms with E-state index in [1.807, 2.05) is 0 Å². The van der Waals surface area contributed by atoms with E-state index < -0.39 is 11.8 Å². The van der Waals surface area contributed by atoms with Gasteiger partial charge in [-0.05, 0) is 54.8 Å². The Kier molecular flexibility index (Phi) is 7.65. The Labute approximate surface area is 197 Å². The summed E-state index contributed by atoms with van der Waals surface area (Å²) in [4.78, 5) is 37.6. The summed E-state index contributed by atoms with van der Waals surface area (Å²) in [6.45, 7) is 0.510. The molecule has 0 radical (unpaired) electrons. The Balaban J connectivity index is 1.34. The van der Waals surface area contributed by atoms with Crippen molar-refractivity contribution in [3.8, 4) is 0 Å². The molecule has 0 saturated heterocycles. The molecule has 1 fully saturated rings. The van der Waals surface area contributed by atoms with Gasteiger partial charge in [0.1, 0.15) is 0 Å². The largest absolute Gasteiger partial charge is 0.428 e. The zero-order valence-corrected chi connectivity index (χ0v) is 19.4. The minimum atomic E-state index is -0.768. The summed E-state index contributed by atoms with van der Waals surface area (Å²) in [5.41, 5.74) is 1.37. The van der Waals surface area contributed by atoms with Gasteiger partial charge in [-0.3, -0.25) is 4.79 Å². The molecule has 0 unspecified atom stereocenters. The number of fused-ring (bicyclic) bond motifs is 1. The topological polar surface area (TPSA) is 81.3 Å². The first-order chi connectivity index (χ1) is 16.0. The van der Waals surface area contributed by atoms with E-state index in [1.165, 1.54) is 51.0 Å². The zero-order chi connectivity index (χ0) is 23.2. The number of nitrogens with zero attached hydrogens (tertiary/aromatic N) is 1. The summed E-state index contributed by atoms with van der Waals surface area (Å²) in [7, 11) is 0. The van der Waals surface area contributed by atoms with Crippen LogP contribution in [-0.4, -0.2) is 22.9 Å². The van der Waals surface area contributed by atoms with Gasteiger partial charge in [-0.15, -0.1) is 0 Å². The minimum Gasteiger partial charge on any atom is -0.407 e. The van der Waals surface area contributed by atoms with Crippen LogP contribution in [-0.2, 0) is 0 Å². The number of rotatable bonds is 8. The number of aromatic nitrogens is 1. The van der Waals surface area contributed by atoms with E-state index in [0.717, 1.165) is 23.3 Å². The van der Waals surface area contributed by atoms with Crippen LogP contribution in [0.1, 0.15) is 73.7 Å². The molecule has 1 N–H and O–H groups in total. The first-order valence-corrected chi connectivity index (χ1v) is 12.1. The lowest BCUT2D eigenvalue weighted by atomic mass is 9.86. The summed E-state index contributed by atoms with van der Waals surface area (Å²) in [5.74, 6) is -0.113. The maximum absolute atomic E-state index is 12.7. The molecule has 1 aromatic heterocycles. The van der Waals surface area contributed by atoms with E-state index in [2.05, 4.69) is 5.32 Å². The average molecular weight is 469 g/mol. The van der Waals surface area contributed by atoms with Gasteiger partial charge < -0.3 is 9.73 Å². The van der Waals surface area contributed by atoms with Crippen molar-refractivity contribution in [3.63, 3.8) is 0 Å². The fourth-order valence-corrected chi connectivity index (χ4v) is 4.73. The average Bonchev–Trinajstić information content (AvgIpc) is 3.16. The van der Waals surface area contributed by atoms with Crippen LogP contribution >= 0.6 is 11.6 Å². The highest BCUT2D eigenvalue weighted by Crippen LogP contribution is 2.27. The van der Waals surface area contributed by atoms with Crippen LogP contribution in [0.15, 0.2) is 51.7 Å². The van der Waals surface area contributed by atoms with Gasteiger partial charge in [0.25, 0.3) is 0 Å². The van der Waals surface area contributed by atoms with Gasteiger partial charge in [0, 0.05) is 22.7 Å². The number of amides is 1. The van der Waals surface area contributed by atoms with E-state index in [4.69, 9.17) is 16.0 Å².